The number of aromatic nitrogens is 1. The lowest BCUT2D eigenvalue weighted by Crippen LogP contribution is -2.29. The summed E-state index contributed by atoms with van der Waals surface area (Å²) < 4.78 is 16.1. The number of ether oxygens (including phenoxy) is 2. The normalized spacial score (nSPS) is 11.6. The highest BCUT2D eigenvalue weighted by atomic mass is 35.5. The Morgan fingerprint density at radius 2 is 1.77 bits per heavy atom. The van der Waals surface area contributed by atoms with Gasteiger partial charge in [0.05, 0.1) is 16.8 Å². The van der Waals surface area contributed by atoms with Crippen LogP contribution in [0.5, 0.6) is 5.75 Å². The van der Waals surface area contributed by atoms with E-state index in [1.54, 1.807) is 48.5 Å². The molecule has 0 aliphatic rings. The zero-order valence-electron chi connectivity index (χ0n) is 16.8. The molecule has 0 bridgehead atoms. The first-order valence-electron chi connectivity index (χ1n) is 9.25. The van der Waals surface area contributed by atoms with E-state index in [9.17, 15) is 9.59 Å². The summed E-state index contributed by atoms with van der Waals surface area (Å²) in [5.41, 5.74) is 2.54. The van der Waals surface area contributed by atoms with Gasteiger partial charge in [0.1, 0.15) is 18.1 Å². The highest BCUT2D eigenvalue weighted by molar-refractivity contribution is 6.30. The number of hydrogen-bond acceptors (Lipinski definition) is 6. The lowest BCUT2D eigenvalue weighted by molar-refractivity contribution is -0.123. The van der Waals surface area contributed by atoms with E-state index >= 15 is 0 Å². The quantitative estimate of drug-likeness (QED) is 0.548. The molecule has 3 aromatic rings. The first kappa shape index (κ1) is 21.4. The lowest BCUT2D eigenvalue weighted by atomic mass is 10.2. The number of amides is 1. The highest BCUT2D eigenvalue weighted by Crippen LogP contribution is 2.19. The molecule has 0 radical (unpaired) electrons. The number of carbonyl (C=O) groups is 2. The van der Waals surface area contributed by atoms with Crippen LogP contribution in [0.3, 0.4) is 0 Å². The third kappa shape index (κ3) is 5.39. The van der Waals surface area contributed by atoms with E-state index in [-0.39, 0.29) is 0 Å². The van der Waals surface area contributed by atoms with Gasteiger partial charge < -0.3 is 19.3 Å². The third-order valence-corrected chi connectivity index (χ3v) is 4.67. The predicted molar refractivity (Wildman–Crippen MR) is 112 cm³/mol. The Kier molecular flexibility index (Phi) is 6.74. The third-order valence-electron chi connectivity index (χ3n) is 4.42. The summed E-state index contributed by atoms with van der Waals surface area (Å²) in [6.07, 6.45) is -0.969. The van der Waals surface area contributed by atoms with Gasteiger partial charge in [0.25, 0.3) is 5.91 Å². The maximum atomic E-state index is 12.3. The van der Waals surface area contributed by atoms with Gasteiger partial charge in [0.15, 0.2) is 6.10 Å². The van der Waals surface area contributed by atoms with Crippen LogP contribution in [0.4, 0.5) is 5.69 Å². The van der Waals surface area contributed by atoms with Crippen molar-refractivity contribution in [3.63, 3.8) is 0 Å². The molecule has 0 aliphatic carbocycles. The summed E-state index contributed by atoms with van der Waals surface area (Å²) in [5, 5.41) is 7.11. The molecule has 1 N–H and O–H groups in total. The maximum absolute atomic E-state index is 12.3. The van der Waals surface area contributed by atoms with Crippen molar-refractivity contribution in [2.45, 2.75) is 33.5 Å². The van der Waals surface area contributed by atoms with Crippen molar-refractivity contribution in [3.8, 4) is 5.75 Å². The van der Waals surface area contributed by atoms with Gasteiger partial charge in [0, 0.05) is 10.7 Å². The number of nitrogens with zero attached hydrogens (tertiary/aromatic N) is 1. The first-order chi connectivity index (χ1) is 14.3. The van der Waals surface area contributed by atoms with E-state index in [2.05, 4.69) is 10.5 Å². The zero-order valence-corrected chi connectivity index (χ0v) is 17.5. The molecule has 8 heteroatoms. The van der Waals surface area contributed by atoms with Crippen molar-refractivity contribution < 1.29 is 23.6 Å². The minimum absolute atomic E-state index is 0.311. The second-order valence-electron chi connectivity index (χ2n) is 6.66. The molecule has 0 saturated heterocycles. The van der Waals surface area contributed by atoms with Crippen molar-refractivity contribution in [1.29, 1.82) is 0 Å². The maximum Gasteiger partial charge on any atom is 0.338 e. The molecule has 0 saturated carbocycles. The van der Waals surface area contributed by atoms with E-state index < -0.39 is 18.0 Å². The van der Waals surface area contributed by atoms with Crippen LogP contribution < -0.4 is 10.1 Å². The molecule has 1 aromatic heterocycles. The van der Waals surface area contributed by atoms with Gasteiger partial charge in [0.2, 0.25) is 0 Å². The van der Waals surface area contributed by atoms with E-state index in [0.717, 1.165) is 11.3 Å². The standard InChI is InChI=1S/C22H21ClN2O5/c1-13-20(14(2)30-25-13)12-28-19-10-4-16(5-11-19)22(27)29-15(3)21(26)24-18-8-6-17(23)7-9-18/h4-11,15H,12H2,1-3H3,(H,24,26)/t15-/m1/s1. The van der Waals surface area contributed by atoms with Gasteiger partial charge in [-0.2, -0.15) is 0 Å². The number of nitrogens with one attached hydrogen (secondary N) is 1. The molecular weight excluding hydrogens is 408 g/mol. The van der Waals surface area contributed by atoms with Crippen LogP contribution in [0, 0.1) is 13.8 Å². The van der Waals surface area contributed by atoms with Crippen LogP contribution in [0.1, 0.15) is 34.3 Å². The summed E-state index contributed by atoms with van der Waals surface area (Å²) in [6, 6.07) is 13.1. The fourth-order valence-corrected chi connectivity index (χ4v) is 2.74. The molecule has 7 nitrogen and oxygen atoms in total. The van der Waals surface area contributed by atoms with Crippen LogP contribution in [-0.4, -0.2) is 23.1 Å². The molecule has 3 rings (SSSR count). The largest absolute Gasteiger partial charge is 0.489 e. The minimum atomic E-state index is -0.969. The predicted octanol–water partition coefficient (Wildman–Crippen LogP) is 4.71. The Morgan fingerprint density at radius 3 is 2.37 bits per heavy atom. The van der Waals surface area contributed by atoms with Crippen LogP contribution in [0.25, 0.3) is 0 Å². The van der Waals surface area contributed by atoms with E-state index in [4.69, 9.17) is 25.6 Å². The monoisotopic (exact) mass is 428 g/mol. The Morgan fingerprint density at radius 1 is 1.10 bits per heavy atom. The molecule has 156 valence electrons. The second-order valence-corrected chi connectivity index (χ2v) is 7.10. The van der Waals surface area contributed by atoms with Crippen molar-refractivity contribution in [1.82, 2.24) is 5.16 Å². The summed E-state index contributed by atoms with van der Waals surface area (Å²) in [6.45, 7) is 5.48. The van der Waals surface area contributed by atoms with Crippen molar-refractivity contribution in [2.75, 3.05) is 5.32 Å². The second kappa shape index (κ2) is 9.45. The Bertz CT molecular complexity index is 1010. The van der Waals surface area contributed by atoms with Gasteiger partial charge in [-0.05, 0) is 69.3 Å². The van der Waals surface area contributed by atoms with Crippen molar-refractivity contribution in [3.05, 3.63) is 76.1 Å². The fourth-order valence-electron chi connectivity index (χ4n) is 2.61. The molecule has 0 spiro atoms. The fraction of sp³-hybridized carbons (Fsp3) is 0.227. The first-order valence-corrected chi connectivity index (χ1v) is 9.63. The Labute approximate surface area is 178 Å². The SMILES string of the molecule is Cc1noc(C)c1COc1ccc(C(=O)O[C@H](C)C(=O)Nc2ccc(Cl)cc2)cc1. The number of halogens is 1. The van der Waals surface area contributed by atoms with Gasteiger partial charge >= 0.3 is 5.97 Å². The number of aryl methyl sites for hydroxylation is 2. The van der Waals surface area contributed by atoms with Crippen LogP contribution >= 0.6 is 11.6 Å². The molecular formula is C22H21ClN2O5. The van der Waals surface area contributed by atoms with Crippen LogP contribution in [0.2, 0.25) is 5.02 Å². The summed E-state index contributed by atoms with van der Waals surface area (Å²) in [5.74, 6) is 0.245. The molecule has 1 atom stereocenters. The number of anilines is 1. The molecule has 0 fully saturated rings. The summed E-state index contributed by atoms with van der Waals surface area (Å²) >= 11 is 5.82. The molecule has 2 aromatic carbocycles. The van der Waals surface area contributed by atoms with E-state index in [1.807, 2.05) is 13.8 Å². The zero-order chi connectivity index (χ0) is 21.7. The number of benzene rings is 2. The molecule has 1 amide bonds. The van der Waals surface area contributed by atoms with Gasteiger partial charge in [-0.25, -0.2) is 4.79 Å². The lowest BCUT2D eigenvalue weighted by Gasteiger charge is -2.14. The number of esters is 1. The molecule has 1 heterocycles. The van der Waals surface area contributed by atoms with Crippen molar-refractivity contribution >= 4 is 29.2 Å². The summed E-state index contributed by atoms with van der Waals surface area (Å²) in [7, 11) is 0. The smallest absolute Gasteiger partial charge is 0.338 e. The number of carbonyl (C=O) groups excluding carboxylic acids is 2. The number of hydrogen-bond donors (Lipinski definition) is 1. The summed E-state index contributed by atoms with van der Waals surface area (Å²) in [4.78, 5) is 24.5. The van der Waals surface area contributed by atoms with E-state index in [1.165, 1.54) is 6.92 Å². The number of rotatable bonds is 7. The van der Waals surface area contributed by atoms with Gasteiger partial charge in [-0.3, -0.25) is 4.79 Å². The molecule has 0 aliphatic heterocycles. The minimum Gasteiger partial charge on any atom is -0.489 e. The van der Waals surface area contributed by atoms with Gasteiger partial charge in [-0.15, -0.1) is 0 Å². The molecule has 0 unspecified atom stereocenters. The Balaban J connectivity index is 1.53. The average molecular weight is 429 g/mol. The highest BCUT2D eigenvalue weighted by Gasteiger charge is 2.19. The average Bonchev–Trinajstić information content (AvgIpc) is 3.05. The molecule has 30 heavy (non-hydrogen) atoms. The topological polar surface area (TPSA) is 90.7 Å². The Hall–Kier alpha value is -3.32. The van der Waals surface area contributed by atoms with E-state index in [0.29, 0.717) is 34.4 Å². The van der Waals surface area contributed by atoms with Crippen molar-refractivity contribution in [2.24, 2.45) is 0 Å². The van der Waals surface area contributed by atoms with Gasteiger partial charge in [-0.1, -0.05) is 16.8 Å². The van der Waals surface area contributed by atoms with Crippen LogP contribution in [-0.2, 0) is 16.1 Å². The van der Waals surface area contributed by atoms with Crippen LogP contribution in [0.15, 0.2) is 53.1 Å².